The molecule has 6 heteroatoms. The number of carbonyl (C=O) groups excluding carboxylic acids is 1. The van der Waals surface area contributed by atoms with E-state index in [-0.39, 0.29) is 18.2 Å². The van der Waals surface area contributed by atoms with E-state index in [9.17, 15) is 9.59 Å². The highest BCUT2D eigenvalue weighted by Crippen LogP contribution is 2.46. The Labute approximate surface area is 183 Å². The van der Waals surface area contributed by atoms with Crippen LogP contribution in [0.15, 0.2) is 28.8 Å². The van der Waals surface area contributed by atoms with Gasteiger partial charge in [-0.2, -0.15) is 0 Å². The molecule has 6 nitrogen and oxygen atoms in total. The lowest BCUT2D eigenvalue weighted by Gasteiger charge is -2.35. The number of hydrogen-bond acceptors (Lipinski definition) is 4. The Morgan fingerprint density at radius 3 is 2.68 bits per heavy atom. The van der Waals surface area contributed by atoms with E-state index in [1.165, 1.54) is 6.42 Å². The zero-order valence-electron chi connectivity index (χ0n) is 18.8. The van der Waals surface area contributed by atoms with E-state index >= 15 is 0 Å². The Morgan fingerprint density at radius 1 is 1.29 bits per heavy atom. The molecule has 2 aromatic rings. The van der Waals surface area contributed by atoms with Gasteiger partial charge in [-0.1, -0.05) is 36.7 Å². The number of carbonyl (C=O) groups is 2. The topological polar surface area (TPSA) is 92.4 Å². The molecule has 1 aromatic heterocycles. The fraction of sp³-hybridized carbons (Fsp3) is 0.480. The number of anilines is 1. The SMILES string of the molecule is Cc1ccc(NC(=O)CCc2noc([C@H]3C[C@@H](CC(C)C)C3)c2/C=C/C(=O)O)c(C)c1. The number of aryl methyl sites for hydroxylation is 3. The molecule has 1 aliphatic carbocycles. The average Bonchev–Trinajstić information content (AvgIpc) is 3.05. The second kappa shape index (κ2) is 9.94. The van der Waals surface area contributed by atoms with Crippen molar-refractivity contribution in [2.24, 2.45) is 11.8 Å². The summed E-state index contributed by atoms with van der Waals surface area (Å²) in [7, 11) is 0. The Morgan fingerprint density at radius 2 is 2.03 bits per heavy atom. The Kier molecular flexibility index (Phi) is 7.31. The molecule has 1 fully saturated rings. The normalized spacial score (nSPS) is 18.4. The third kappa shape index (κ3) is 6.06. The number of nitrogens with zero attached hydrogens (tertiary/aromatic N) is 1. The first-order chi connectivity index (χ1) is 14.7. The van der Waals surface area contributed by atoms with Gasteiger partial charge in [-0.15, -0.1) is 0 Å². The van der Waals surface area contributed by atoms with E-state index in [0.717, 1.165) is 47.1 Å². The van der Waals surface area contributed by atoms with Crippen molar-refractivity contribution >= 4 is 23.6 Å². The maximum Gasteiger partial charge on any atom is 0.328 e. The van der Waals surface area contributed by atoms with E-state index < -0.39 is 5.97 Å². The molecule has 0 atom stereocenters. The summed E-state index contributed by atoms with van der Waals surface area (Å²) in [6.07, 6.45) is 6.56. The van der Waals surface area contributed by atoms with E-state index in [1.807, 2.05) is 32.0 Å². The van der Waals surface area contributed by atoms with E-state index in [4.69, 9.17) is 9.63 Å². The average molecular weight is 425 g/mol. The molecular formula is C25H32N2O4. The van der Waals surface area contributed by atoms with Gasteiger partial charge in [-0.25, -0.2) is 4.79 Å². The molecular weight excluding hydrogens is 392 g/mol. The first-order valence-corrected chi connectivity index (χ1v) is 11.0. The van der Waals surface area contributed by atoms with Crippen LogP contribution in [-0.4, -0.2) is 22.1 Å². The van der Waals surface area contributed by atoms with Crippen LogP contribution >= 0.6 is 0 Å². The van der Waals surface area contributed by atoms with Crippen molar-refractivity contribution < 1.29 is 19.2 Å². The minimum Gasteiger partial charge on any atom is -0.478 e. The van der Waals surface area contributed by atoms with Crippen molar-refractivity contribution in [2.45, 2.75) is 65.7 Å². The molecule has 0 saturated heterocycles. The number of rotatable bonds is 9. The number of aromatic nitrogens is 1. The second-order valence-electron chi connectivity index (χ2n) is 9.11. The van der Waals surface area contributed by atoms with Gasteiger partial charge in [0.1, 0.15) is 5.76 Å². The number of carboxylic acid groups (broad SMARTS) is 1. The lowest BCUT2D eigenvalue weighted by Crippen LogP contribution is -2.23. The highest BCUT2D eigenvalue weighted by atomic mass is 16.5. The van der Waals surface area contributed by atoms with Crippen LogP contribution in [0, 0.1) is 25.7 Å². The minimum atomic E-state index is -1.02. The van der Waals surface area contributed by atoms with Crippen molar-refractivity contribution in [1.29, 1.82) is 0 Å². The summed E-state index contributed by atoms with van der Waals surface area (Å²) in [4.78, 5) is 23.5. The van der Waals surface area contributed by atoms with Gasteiger partial charge in [0.15, 0.2) is 0 Å². The van der Waals surface area contributed by atoms with Gasteiger partial charge in [0.05, 0.1) is 5.69 Å². The summed E-state index contributed by atoms with van der Waals surface area (Å²) in [5, 5.41) is 16.2. The van der Waals surface area contributed by atoms with Crippen molar-refractivity contribution in [3.05, 3.63) is 52.4 Å². The zero-order valence-corrected chi connectivity index (χ0v) is 18.8. The highest BCUT2D eigenvalue weighted by Gasteiger charge is 2.35. The smallest absolute Gasteiger partial charge is 0.328 e. The van der Waals surface area contributed by atoms with E-state index in [2.05, 4.69) is 24.3 Å². The Balaban J connectivity index is 1.67. The fourth-order valence-electron chi connectivity index (χ4n) is 4.36. The molecule has 0 unspecified atom stereocenters. The predicted molar refractivity (Wildman–Crippen MR) is 121 cm³/mol. The zero-order chi connectivity index (χ0) is 22.5. The van der Waals surface area contributed by atoms with Crippen LogP contribution in [0.25, 0.3) is 6.08 Å². The van der Waals surface area contributed by atoms with Crippen LogP contribution in [0.2, 0.25) is 0 Å². The molecule has 0 spiro atoms. The molecule has 1 aromatic carbocycles. The van der Waals surface area contributed by atoms with Crippen LogP contribution in [0.5, 0.6) is 0 Å². The maximum atomic E-state index is 12.5. The summed E-state index contributed by atoms with van der Waals surface area (Å²) in [6.45, 7) is 8.43. The Hall–Kier alpha value is -2.89. The molecule has 1 aliphatic rings. The highest BCUT2D eigenvalue weighted by molar-refractivity contribution is 5.91. The van der Waals surface area contributed by atoms with Crippen molar-refractivity contribution in [2.75, 3.05) is 5.32 Å². The summed E-state index contributed by atoms with van der Waals surface area (Å²) in [6, 6.07) is 5.90. The standard InChI is InChI=1S/C25H32N2O4/c1-15(2)11-18-13-19(14-18)25-20(6-10-24(29)30)22(27-31-25)8-9-23(28)26-21-7-5-16(3)12-17(21)4/h5-7,10,12,15,18-19H,8-9,11,13-14H2,1-4H3,(H,26,28)(H,29,30)/b10-6+/t18-,19+. The van der Waals surface area contributed by atoms with Gasteiger partial charge in [-0.05, 0) is 62.7 Å². The number of hydrogen-bond donors (Lipinski definition) is 2. The number of carboxylic acids is 1. The van der Waals surface area contributed by atoms with Crippen LogP contribution in [-0.2, 0) is 16.0 Å². The van der Waals surface area contributed by atoms with Gasteiger partial charge >= 0.3 is 5.97 Å². The number of benzene rings is 1. The Bertz CT molecular complexity index is 968. The third-order valence-electron chi connectivity index (χ3n) is 5.88. The summed E-state index contributed by atoms with van der Waals surface area (Å²) >= 11 is 0. The predicted octanol–water partition coefficient (Wildman–Crippen LogP) is 5.50. The van der Waals surface area contributed by atoms with Crippen molar-refractivity contribution in [3.63, 3.8) is 0 Å². The number of amides is 1. The molecule has 0 aliphatic heterocycles. The summed E-state index contributed by atoms with van der Waals surface area (Å²) in [5.74, 6) is 1.24. The van der Waals surface area contributed by atoms with Gasteiger partial charge in [-0.3, -0.25) is 4.79 Å². The molecule has 3 rings (SSSR count). The second-order valence-corrected chi connectivity index (χ2v) is 9.11. The van der Waals surface area contributed by atoms with Crippen LogP contribution in [0.4, 0.5) is 5.69 Å². The molecule has 1 heterocycles. The minimum absolute atomic E-state index is 0.106. The lowest BCUT2D eigenvalue weighted by atomic mass is 9.69. The number of aliphatic carboxylic acids is 1. The monoisotopic (exact) mass is 424 g/mol. The van der Waals surface area contributed by atoms with Crippen molar-refractivity contribution in [3.8, 4) is 0 Å². The van der Waals surface area contributed by atoms with Gasteiger partial charge in [0.25, 0.3) is 0 Å². The summed E-state index contributed by atoms with van der Waals surface area (Å²) < 4.78 is 5.64. The van der Waals surface area contributed by atoms with E-state index in [0.29, 0.717) is 24.0 Å². The lowest BCUT2D eigenvalue weighted by molar-refractivity contribution is -0.131. The van der Waals surface area contributed by atoms with Crippen LogP contribution in [0.3, 0.4) is 0 Å². The molecule has 0 radical (unpaired) electrons. The molecule has 2 N–H and O–H groups in total. The molecule has 31 heavy (non-hydrogen) atoms. The fourth-order valence-corrected chi connectivity index (χ4v) is 4.36. The summed E-state index contributed by atoms with van der Waals surface area (Å²) in [5.41, 5.74) is 4.31. The molecule has 1 amide bonds. The van der Waals surface area contributed by atoms with Gasteiger partial charge in [0, 0.05) is 36.1 Å². The first kappa shape index (κ1) is 22.8. The van der Waals surface area contributed by atoms with Crippen LogP contribution in [0.1, 0.15) is 73.6 Å². The maximum absolute atomic E-state index is 12.5. The van der Waals surface area contributed by atoms with Crippen LogP contribution < -0.4 is 5.32 Å². The van der Waals surface area contributed by atoms with Gasteiger partial charge in [0.2, 0.25) is 5.91 Å². The van der Waals surface area contributed by atoms with Crippen molar-refractivity contribution in [1.82, 2.24) is 5.16 Å². The van der Waals surface area contributed by atoms with Gasteiger partial charge < -0.3 is 14.9 Å². The number of nitrogens with one attached hydrogen (secondary N) is 1. The first-order valence-electron chi connectivity index (χ1n) is 11.0. The largest absolute Gasteiger partial charge is 0.478 e. The third-order valence-corrected chi connectivity index (χ3v) is 5.88. The van der Waals surface area contributed by atoms with E-state index in [1.54, 1.807) is 6.08 Å². The quantitative estimate of drug-likeness (QED) is 0.519. The molecule has 166 valence electrons. The molecule has 0 bridgehead atoms. The molecule has 1 saturated carbocycles.